The van der Waals surface area contributed by atoms with Crippen molar-refractivity contribution in [3.8, 4) is 0 Å². The van der Waals surface area contributed by atoms with Gasteiger partial charge in [-0.25, -0.2) is 4.39 Å². The van der Waals surface area contributed by atoms with Crippen LogP contribution in [0.1, 0.15) is 44.2 Å². The Kier molecular flexibility index (Phi) is 6.17. The molecule has 1 atom stereocenters. The quantitative estimate of drug-likeness (QED) is 0.657. The first kappa shape index (κ1) is 19.3. The summed E-state index contributed by atoms with van der Waals surface area (Å²) >= 11 is 0. The van der Waals surface area contributed by atoms with E-state index in [9.17, 15) is 14.0 Å². The molecular formula is C23H21FN2O2. The van der Waals surface area contributed by atoms with E-state index >= 15 is 0 Å². The summed E-state index contributed by atoms with van der Waals surface area (Å²) < 4.78 is 13.3. The fourth-order valence-electron chi connectivity index (χ4n) is 3.12. The summed E-state index contributed by atoms with van der Waals surface area (Å²) in [4.78, 5) is 23.6. The highest BCUT2D eigenvalue weighted by molar-refractivity contribution is 5.94. The molecule has 3 aromatic rings. The lowest BCUT2D eigenvalue weighted by Crippen LogP contribution is -2.25. The SMILES string of the molecule is NC(=O)c1ccc(C(CCNC(=O)c2ccccc2)c2ccc(F)cc2)cc1. The predicted molar refractivity (Wildman–Crippen MR) is 107 cm³/mol. The molecule has 0 spiro atoms. The first-order chi connectivity index (χ1) is 13.5. The maximum Gasteiger partial charge on any atom is 0.251 e. The molecule has 3 rings (SSSR count). The topological polar surface area (TPSA) is 72.2 Å². The predicted octanol–water partition coefficient (Wildman–Crippen LogP) is 3.88. The van der Waals surface area contributed by atoms with Gasteiger partial charge in [-0.15, -0.1) is 0 Å². The molecule has 0 fully saturated rings. The van der Waals surface area contributed by atoms with Crippen LogP contribution in [0.3, 0.4) is 0 Å². The van der Waals surface area contributed by atoms with Gasteiger partial charge in [-0.3, -0.25) is 9.59 Å². The fourth-order valence-corrected chi connectivity index (χ4v) is 3.12. The molecule has 0 aliphatic heterocycles. The van der Waals surface area contributed by atoms with Gasteiger partial charge in [0.25, 0.3) is 5.91 Å². The van der Waals surface area contributed by atoms with E-state index in [1.807, 2.05) is 30.3 Å². The lowest BCUT2D eigenvalue weighted by atomic mass is 9.88. The molecule has 5 heteroatoms. The van der Waals surface area contributed by atoms with E-state index in [0.717, 1.165) is 11.1 Å². The lowest BCUT2D eigenvalue weighted by Gasteiger charge is -2.19. The molecule has 0 saturated heterocycles. The molecule has 0 aromatic heterocycles. The highest BCUT2D eigenvalue weighted by Crippen LogP contribution is 2.28. The third kappa shape index (κ3) is 4.82. The molecule has 2 amide bonds. The van der Waals surface area contributed by atoms with Crippen molar-refractivity contribution in [1.29, 1.82) is 0 Å². The second-order valence-electron chi connectivity index (χ2n) is 6.50. The summed E-state index contributed by atoms with van der Waals surface area (Å²) in [6.45, 7) is 0.452. The van der Waals surface area contributed by atoms with Crippen molar-refractivity contribution >= 4 is 11.8 Å². The van der Waals surface area contributed by atoms with Crippen LogP contribution in [0.4, 0.5) is 4.39 Å². The van der Waals surface area contributed by atoms with E-state index in [0.29, 0.717) is 24.1 Å². The van der Waals surface area contributed by atoms with Crippen molar-refractivity contribution in [3.05, 3.63) is 107 Å². The molecule has 1 unspecified atom stereocenters. The largest absolute Gasteiger partial charge is 0.366 e. The number of carbonyl (C=O) groups is 2. The van der Waals surface area contributed by atoms with Crippen molar-refractivity contribution < 1.29 is 14.0 Å². The minimum atomic E-state index is -0.486. The lowest BCUT2D eigenvalue weighted by molar-refractivity contribution is 0.0951. The number of halogens is 1. The van der Waals surface area contributed by atoms with E-state index < -0.39 is 5.91 Å². The number of nitrogens with one attached hydrogen (secondary N) is 1. The van der Waals surface area contributed by atoms with E-state index in [-0.39, 0.29) is 17.6 Å². The molecule has 4 nitrogen and oxygen atoms in total. The smallest absolute Gasteiger partial charge is 0.251 e. The Balaban J connectivity index is 1.75. The number of hydrogen-bond donors (Lipinski definition) is 2. The highest BCUT2D eigenvalue weighted by Gasteiger charge is 2.16. The first-order valence-electron chi connectivity index (χ1n) is 9.03. The van der Waals surface area contributed by atoms with Gasteiger partial charge in [-0.1, -0.05) is 42.5 Å². The van der Waals surface area contributed by atoms with Crippen molar-refractivity contribution in [2.24, 2.45) is 5.73 Å². The third-order valence-electron chi connectivity index (χ3n) is 4.62. The minimum Gasteiger partial charge on any atom is -0.366 e. The van der Waals surface area contributed by atoms with Gasteiger partial charge < -0.3 is 11.1 Å². The standard InChI is InChI=1S/C23H21FN2O2/c24-20-12-10-17(11-13-20)21(16-6-8-18(9-7-16)22(25)27)14-15-26-23(28)19-4-2-1-3-5-19/h1-13,21H,14-15H2,(H2,25,27)(H,26,28). The highest BCUT2D eigenvalue weighted by atomic mass is 19.1. The molecular weight excluding hydrogens is 355 g/mol. The van der Waals surface area contributed by atoms with Gasteiger partial charge in [0, 0.05) is 23.6 Å². The van der Waals surface area contributed by atoms with Crippen molar-refractivity contribution in [1.82, 2.24) is 5.32 Å². The molecule has 0 bridgehead atoms. The molecule has 0 aliphatic rings. The maximum absolute atomic E-state index is 13.3. The number of nitrogens with two attached hydrogens (primary N) is 1. The Labute approximate surface area is 163 Å². The molecule has 3 N–H and O–H groups in total. The van der Waals surface area contributed by atoms with Crippen LogP contribution >= 0.6 is 0 Å². The Morgan fingerprint density at radius 1 is 0.821 bits per heavy atom. The average molecular weight is 376 g/mol. The molecule has 0 saturated carbocycles. The van der Waals surface area contributed by atoms with Crippen molar-refractivity contribution in [3.63, 3.8) is 0 Å². The van der Waals surface area contributed by atoms with Gasteiger partial charge in [0.2, 0.25) is 5.91 Å². The maximum atomic E-state index is 13.3. The van der Waals surface area contributed by atoms with Crippen LogP contribution in [-0.4, -0.2) is 18.4 Å². The van der Waals surface area contributed by atoms with Crippen LogP contribution in [0, 0.1) is 5.82 Å². The molecule has 28 heavy (non-hydrogen) atoms. The van der Waals surface area contributed by atoms with E-state index in [2.05, 4.69) is 5.32 Å². The van der Waals surface area contributed by atoms with E-state index in [4.69, 9.17) is 5.73 Å². The van der Waals surface area contributed by atoms with E-state index in [1.165, 1.54) is 12.1 Å². The van der Waals surface area contributed by atoms with Gasteiger partial charge in [0.15, 0.2) is 0 Å². The first-order valence-corrected chi connectivity index (χ1v) is 9.03. The normalized spacial score (nSPS) is 11.6. The number of benzene rings is 3. The second kappa shape index (κ2) is 8.95. The summed E-state index contributed by atoms with van der Waals surface area (Å²) in [5, 5.41) is 2.92. The van der Waals surface area contributed by atoms with Crippen LogP contribution in [0.25, 0.3) is 0 Å². The number of carbonyl (C=O) groups excluding carboxylic acids is 2. The molecule has 3 aromatic carbocycles. The molecule has 142 valence electrons. The van der Waals surface area contributed by atoms with Crippen LogP contribution in [0.15, 0.2) is 78.9 Å². The number of amides is 2. The van der Waals surface area contributed by atoms with Crippen molar-refractivity contribution in [2.45, 2.75) is 12.3 Å². The van der Waals surface area contributed by atoms with Crippen LogP contribution in [-0.2, 0) is 0 Å². The fraction of sp³-hybridized carbons (Fsp3) is 0.130. The number of primary amides is 1. The zero-order valence-corrected chi connectivity index (χ0v) is 15.3. The van der Waals surface area contributed by atoms with Gasteiger partial charge in [0.05, 0.1) is 0 Å². The van der Waals surface area contributed by atoms with Gasteiger partial charge in [0.1, 0.15) is 5.82 Å². The zero-order chi connectivity index (χ0) is 19.9. The average Bonchev–Trinajstić information content (AvgIpc) is 2.73. The van der Waals surface area contributed by atoms with Crippen LogP contribution in [0.5, 0.6) is 0 Å². The summed E-state index contributed by atoms with van der Waals surface area (Å²) in [7, 11) is 0. The Morgan fingerprint density at radius 2 is 1.39 bits per heavy atom. The summed E-state index contributed by atoms with van der Waals surface area (Å²) in [6, 6.07) is 22.4. The van der Waals surface area contributed by atoms with Crippen LogP contribution in [0.2, 0.25) is 0 Å². The Hall–Kier alpha value is -3.47. The number of rotatable bonds is 7. The summed E-state index contributed by atoms with van der Waals surface area (Å²) in [5.74, 6) is -0.981. The van der Waals surface area contributed by atoms with Gasteiger partial charge in [-0.2, -0.15) is 0 Å². The molecule has 0 aliphatic carbocycles. The third-order valence-corrected chi connectivity index (χ3v) is 4.62. The zero-order valence-electron chi connectivity index (χ0n) is 15.3. The molecule has 0 heterocycles. The monoisotopic (exact) mass is 376 g/mol. The minimum absolute atomic E-state index is 0.0569. The van der Waals surface area contributed by atoms with Gasteiger partial charge >= 0.3 is 0 Å². The second-order valence-corrected chi connectivity index (χ2v) is 6.50. The number of hydrogen-bond acceptors (Lipinski definition) is 2. The van der Waals surface area contributed by atoms with Crippen LogP contribution < -0.4 is 11.1 Å². The summed E-state index contributed by atoms with van der Waals surface area (Å²) in [6.07, 6.45) is 0.625. The molecule has 0 radical (unpaired) electrons. The summed E-state index contributed by atoms with van der Waals surface area (Å²) in [5.41, 5.74) is 8.24. The Morgan fingerprint density at radius 3 is 1.96 bits per heavy atom. The Bertz CT molecular complexity index is 939. The van der Waals surface area contributed by atoms with Crippen molar-refractivity contribution in [2.75, 3.05) is 6.54 Å². The van der Waals surface area contributed by atoms with Gasteiger partial charge in [-0.05, 0) is 53.9 Å². The van der Waals surface area contributed by atoms with E-state index in [1.54, 1.807) is 36.4 Å².